The van der Waals surface area contributed by atoms with Crippen molar-refractivity contribution < 1.29 is 5.11 Å². The molecule has 31 heavy (non-hydrogen) atoms. The highest BCUT2D eigenvalue weighted by Gasteiger charge is 2.35. The van der Waals surface area contributed by atoms with Gasteiger partial charge in [0.05, 0.1) is 12.2 Å². The first-order valence-electron chi connectivity index (χ1n) is 10.9. The molecule has 2 bridgehead atoms. The van der Waals surface area contributed by atoms with Crippen LogP contribution in [-0.4, -0.2) is 44.2 Å². The predicted molar refractivity (Wildman–Crippen MR) is 119 cm³/mol. The van der Waals surface area contributed by atoms with Crippen LogP contribution < -0.4 is 5.56 Å². The highest BCUT2D eigenvalue weighted by atomic mass is 16.2. The molecule has 1 fully saturated rings. The van der Waals surface area contributed by atoms with Crippen LogP contribution in [0.15, 0.2) is 53.6 Å². The van der Waals surface area contributed by atoms with Crippen molar-refractivity contribution in [2.24, 2.45) is 5.92 Å². The SMILES string of the molecule is O=c1c(-c2ncc[nH]2)ccc2n1C[C@H]1C[C@@H]2CN(Cc2ccc(C#CCCO)cc2)C1. The van der Waals surface area contributed by atoms with Crippen molar-refractivity contribution in [3.8, 4) is 23.2 Å². The van der Waals surface area contributed by atoms with Gasteiger partial charge in [0.2, 0.25) is 0 Å². The minimum atomic E-state index is 0.0634. The molecule has 0 aliphatic carbocycles. The van der Waals surface area contributed by atoms with Gasteiger partial charge in [0.25, 0.3) is 5.56 Å². The molecule has 5 rings (SSSR count). The Morgan fingerprint density at radius 3 is 2.77 bits per heavy atom. The van der Waals surface area contributed by atoms with E-state index in [1.54, 1.807) is 12.4 Å². The van der Waals surface area contributed by atoms with E-state index in [9.17, 15) is 4.79 Å². The molecule has 0 radical (unpaired) electrons. The third-order valence-electron chi connectivity index (χ3n) is 6.26. The molecule has 2 aliphatic rings. The Kier molecular flexibility index (Phi) is 5.46. The van der Waals surface area contributed by atoms with Gasteiger partial charge in [0.1, 0.15) is 5.82 Å². The van der Waals surface area contributed by atoms with Gasteiger partial charge in [-0.3, -0.25) is 9.69 Å². The standard InChI is InChI=1S/C25H26N4O2/c30-12-2-1-3-18-4-6-19(7-5-18)14-28-15-20-13-21(17-28)23-9-8-22(24-26-10-11-27-24)25(31)29(23)16-20/h4-11,20-21,30H,2,12-17H2,(H,26,27)/t20-,21+/m0/s1. The quantitative estimate of drug-likeness (QED) is 0.644. The van der Waals surface area contributed by atoms with Crippen molar-refractivity contribution in [2.75, 3.05) is 19.7 Å². The van der Waals surface area contributed by atoms with Crippen LogP contribution >= 0.6 is 0 Å². The summed E-state index contributed by atoms with van der Waals surface area (Å²) >= 11 is 0. The lowest BCUT2D eigenvalue weighted by molar-refractivity contribution is 0.114. The van der Waals surface area contributed by atoms with Crippen LogP contribution in [0.2, 0.25) is 0 Å². The van der Waals surface area contributed by atoms with Gasteiger partial charge >= 0.3 is 0 Å². The minimum Gasteiger partial charge on any atom is -0.395 e. The van der Waals surface area contributed by atoms with Crippen molar-refractivity contribution >= 4 is 0 Å². The normalized spacial score (nSPS) is 20.0. The number of H-pyrrole nitrogens is 1. The fourth-order valence-corrected chi connectivity index (χ4v) is 4.94. The molecule has 2 aliphatic heterocycles. The second-order valence-corrected chi connectivity index (χ2v) is 8.49. The van der Waals surface area contributed by atoms with Gasteiger partial charge in [0.15, 0.2) is 0 Å². The molecule has 1 saturated heterocycles. The zero-order valence-electron chi connectivity index (χ0n) is 17.4. The molecule has 0 spiro atoms. The van der Waals surface area contributed by atoms with Gasteiger partial charge in [-0.15, -0.1) is 0 Å². The summed E-state index contributed by atoms with van der Waals surface area (Å²) in [5, 5.41) is 8.84. The monoisotopic (exact) mass is 414 g/mol. The number of aliphatic hydroxyl groups is 1. The summed E-state index contributed by atoms with van der Waals surface area (Å²) < 4.78 is 1.98. The van der Waals surface area contributed by atoms with Crippen LogP contribution in [0.1, 0.15) is 35.6 Å². The number of likely N-dealkylation sites (tertiary alicyclic amines) is 1. The largest absolute Gasteiger partial charge is 0.395 e. The molecule has 6 heteroatoms. The van der Waals surface area contributed by atoms with Crippen LogP contribution in [0.5, 0.6) is 0 Å². The molecule has 1 aromatic carbocycles. The number of nitrogens with zero attached hydrogens (tertiary/aromatic N) is 3. The molecule has 0 saturated carbocycles. The lowest BCUT2D eigenvalue weighted by Crippen LogP contribution is -2.46. The maximum Gasteiger partial charge on any atom is 0.261 e. The van der Waals surface area contributed by atoms with Gasteiger partial charge in [0, 0.05) is 62.2 Å². The van der Waals surface area contributed by atoms with Gasteiger partial charge in [-0.1, -0.05) is 24.0 Å². The molecule has 2 atom stereocenters. The van der Waals surface area contributed by atoms with E-state index < -0.39 is 0 Å². The number of aliphatic hydroxyl groups excluding tert-OH is 1. The number of piperidine rings is 1. The van der Waals surface area contributed by atoms with E-state index in [0.717, 1.165) is 43.9 Å². The van der Waals surface area contributed by atoms with E-state index >= 15 is 0 Å². The van der Waals surface area contributed by atoms with Crippen molar-refractivity contribution in [3.05, 3.63) is 76.0 Å². The van der Waals surface area contributed by atoms with Crippen molar-refractivity contribution in [1.82, 2.24) is 19.4 Å². The molecular formula is C25H26N4O2. The first-order chi connectivity index (χ1) is 15.2. The Balaban J connectivity index is 1.32. The molecule has 2 N–H and O–H groups in total. The van der Waals surface area contributed by atoms with Crippen molar-refractivity contribution in [2.45, 2.75) is 31.8 Å². The third kappa shape index (κ3) is 4.07. The first kappa shape index (κ1) is 19.8. The van der Waals surface area contributed by atoms with Crippen LogP contribution in [0.4, 0.5) is 0 Å². The highest BCUT2D eigenvalue weighted by molar-refractivity contribution is 5.53. The molecule has 4 heterocycles. The number of benzene rings is 1. The molecule has 6 nitrogen and oxygen atoms in total. The van der Waals surface area contributed by atoms with Gasteiger partial charge in [-0.25, -0.2) is 4.98 Å². The number of nitrogens with one attached hydrogen (secondary N) is 1. The summed E-state index contributed by atoms with van der Waals surface area (Å²) in [6.45, 7) is 3.75. The van der Waals surface area contributed by atoms with E-state index in [1.807, 2.05) is 10.6 Å². The molecule has 0 unspecified atom stereocenters. The smallest absolute Gasteiger partial charge is 0.261 e. The Bertz CT molecular complexity index is 1170. The number of imidazole rings is 1. The third-order valence-corrected chi connectivity index (χ3v) is 6.26. The number of fused-ring (bicyclic) bond motifs is 4. The first-order valence-corrected chi connectivity index (χ1v) is 10.9. The summed E-state index contributed by atoms with van der Waals surface area (Å²) in [5.41, 5.74) is 4.11. The Morgan fingerprint density at radius 1 is 1.13 bits per heavy atom. The predicted octanol–water partition coefficient (Wildman–Crippen LogP) is 2.59. The topological polar surface area (TPSA) is 74.2 Å². The minimum absolute atomic E-state index is 0.0634. The maximum atomic E-state index is 13.1. The average molecular weight is 415 g/mol. The number of aromatic nitrogens is 3. The second kappa shape index (κ2) is 8.54. The van der Waals surface area contributed by atoms with Crippen molar-refractivity contribution in [1.29, 1.82) is 0 Å². The molecule has 158 valence electrons. The Labute approximate surface area is 181 Å². The number of hydrogen-bond acceptors (Lipinski definition) is 4. The van der Waals surface area contributed by atoms with Gasteiger partial charge < -0.3 is 14.7 Å². The number of pyridine rings is 1. The van der Waals surface area contributed by atoms with Crippen molar-refractivity contribution in [3.63, 3.8) is 0 Å². The van der Waals surface area contributed by atoms with Crippen LogP contribution in [0.3, 0.4) is 0 Å². The van der Waals surface area contributed by atoms with Crippen LogP contribution in [0, 0.1) is 17.8 Å². The number of rotatable bonds is 4. The molecule has 3 aromatic rings. The lowest BCUT2D eigenvalue weighted by Gasteiger charge is -2.43. The van der Waals surface area contributed by atoms with E-state index in [0.29, 0.717) is 29.6 Å². The summed E-state index contributed by atoms with van der Waals surface area (Å²) in [6, 6.07) is 12.4. The van der Waals surface area contributed by atoms with E-state index in [-0.39, 0.29) is 12.2 Å². The van der Waals surface area contributed by atoms with Crippen LogP contribution in [0.25, 0.3) is 11.4 Å². The van der Waals surface area contributed by atoms with E-state index in [4.69, 9.17) is 5.11 Å². The molecular weight excluding hydrogens is 388 g/mol. The van der Waals surface area contributed by atoms with Gasteiger partial charge in [-0.05, 0) is 42.2 Å². The van der Waals surface area contributed by atoms with E-state index in [1.165, 1.54) is 5.56 Å². The zero-order chi connectivity index (χ0) is 21.2. The Morgan fingerprint density at radius 2 is 2.00 bits per heavy atom. The summed E-state index contributed by atoms with van der Waals surface area (Å²) in [7, 11) is 0. The summed E-state index contributed by atoms with van der Waals surface area (Å²) in [6.07, 6.45) is 5.08. The second-order valence-electron chi connectivity index (χ2n) is 8.49. The fourth-order valence-electron chi connectivity index (χ4n) is 4.94. The highest BCUT2D eigenvalue weighted by Crippen LogP contribution is 2.36. The number of aromatic amines is 1. The van der Waals surface area contributed by atoms with Gasteiger partial charge in [-0.2, -0.15) is 0 Å². The molecule has 2 aromatic heterocycles. The molecule has 0 amide bonds. The average Bonchev–Trinajstić information content (AvgIpc) is 3.30. The zero-order valence-corrected chi connectivity index (χ0v) is 17.4. The Hall–Kier alpha value is -3.14. The fraction of sp³-hybridized carbons (Fsp3) is 0.360. The maximum absolute atomic E-state index is 13.1. The van der Waals surface area contributed by atoms with E-state index in [2.05, 4.69) is 57.0 Å². The summed E-state index contributed by atoms with van der Waals surface area (Å²) in [4.78, 5) is 22.9. The number of hydrogen-bond donors (Lipinski definition) is 2. The van der Waals surface area contributed by atoms with Crippen LogP contribution in [-0.2, 0) is 13.1 Å². The lowest BCUT2D eigenvalue weighted by atomic mass is 9.82. The summed E-state index contributed by atoms with van der Waals surface area (Å²) in [5.74, 6) is 7.55.